The third kappa shape index (κ3) is 5.16. The van der Waals surface area contributed by atoms with E-state index in [2.05, 4.69) is 55.4 Å². The Labute approximate surface area is 210 Å². The number of ether oxygens (including phenoxy) is 1. The molecule has 3 N–H and O–H groups in total. The number of benzene rings is 2. The Kier molecular flexibility index (Phi) is 7.50. The SMILES string of the molecule is C=CC(=O)Nc1cc(Nc2cc(-c3cn(C)c4ccccc34)ncn2)c(OC)cc1N(C)CCNC. The van der Waals surface area contributed by atoms with E-state index in [1.165, 1.54) is 12.4 Å². The highest BCUT2D eigenvalue weighted by molar-refractivity contribution is 6.02. The average molecular weight is 486 g/mol. The van der Waals surface area contributed by atoms with Gasteiger partial charge in [0.15, 0.2) is 0 Å². The summed E-state index contributed by atoms with van der Waals surface area (Å²) in [6.45, 7) is 5.09. The number of rotatable bonds is 10. The van der Waals surface area contributed by atoms with Gasteiger partial charge in [-0.3, -0.25) is 4.79 Å². The van der Waals surface area contributed by atoms with Gasteiger partial charge >= 0.3 is 0 Å². The zero-order valence-corrected chi connectivity index (χ0v) is 21.0. The van der Waals surface area contributed by atoms with Crippen LogP contribution < -0.4 is 25.6 Å². The van der Waals surface area contributed by atoms with E-state index in [9.17, 15) is 4.79 Å². The summed E-state index contributed by atoms with van der Waals surface area (Å²) in [7, 11) is 7.49. The van der Waals surface area contributed by atoms with E-state index in [0.717, 1.165) is 40.9 Å². The van der Waals surface area contributed by atoms with Gasteiger partial charge in [0.2, 0.25) is 5.91 Å². The quantitative estimate of drug-likeness (QED) is 0.290. The van der Waals surface area contributed by atoms with Crippen LogP contribution in [0.15, 0.2) is 67.6 Å². The van der Waals surface area contributed by atoms with Crippen molar-refractivity contribution in [1.82, 2.24) is 19.9 Å². The maximum Gasteiger partial charge on any atom is 0.247 e. The first-order chi connectivity index (χ1) is 17.4. The minimum Gasteiger partial charge on any atom is -0.494 e. The molecule has 0 saturated heterocycles. The number of anilines is 4. The Morgan fingerprint density at radius 2 is 2.00 bits per heavy atom. The Bertz CT molecular complexity index is 1400. The van der Waals surface area contributed by atoms with Gasteiger partial charge < -0.3 is 30.2 Å². The molecule has 2 aromatic heterocycles. The molecule has 0 fully saturated rings. The molecule has 2 heterocycles. The number of hydrogen-bond donors (Lipinski definition) is 3. The highest BCUT2D eigenvalue weighted by atomic mass is 16.5. The fraction of sp³-hybridized carbons (Fsp3) is 0.222. The molecule has 0 aliphatic carbocycles. The molecule has 9 nitrogen and oxygen atoms in total. The number of amides is 1. The summed E-state index contributed by atoms with van der Waals surface area (Å²) in [5.41, 5.74) is 5.05. The Morgan fingerprint density at radius 1 is 1.19 bits per heavy atom. The van der Waals surface area contributed by atoms with Crippen molar-refractivity contribution in [2.24, 2.45) is 7.05 Å². The number of fused-ring (bicyclic) bond motifs is 1. The van der Waals surface area contributed by atoms with Crippen molar-refractivity contribution in [3.05, 3.63) is 67.6 Å². The van der Waals surface area contributed by atoms with Crippen LogP contribution in [0.5, 0.6) is 5.75 Å². The lowest BCUT2D eigenvalue weighted by Gasteiger charge is -2.24. The van der Waals surface area contributed by atoms with Crippen molar-refractivity contribution in [3.8, 4) is 17.0 Å². The van der Waals surface area contributed by atoms with E-state index in [0.29, 0.717) is 22.9 Å². The normalized spacial score (nSPS) is 10.8. The van der Waals surface area contributed by atoms with Gasteiger partial charge in [-0.1, -0.05) is 24.8 Å². The first kappa shape index (κ1) is 24.7. The fourth-order valence-corrected chi connectivity index (χ4v) is 4.09. The Balaban J connectivity index is 1.72. The number of aryl methyl sites for hydroxylation is 1. The summed E-state index contributed by atoms with van der Waals surface area (Å²) < 4.78 is 7.77. The van der Waals surface area contributed by atoms with E-state index in [4.69, 9.17) is 4.74 Å². The van der Waals surface area contributed by atoms with E-state index in [-0.39, 0.29) is 5.91 Å². The smallest absolute Gasteiger partial charge is 0.247 e. The van der Waals surface area contributed by atoms with Crippen molar-refractivity contribution in [2.45, 2.75) is 0 Å². The van der Waals surface area contributed by atoms with Crippen LogP contribution in [0.2, 0.25) is 0 Å². The number of para-hydroxylation sites is 1. The highest BCUT2D eigenvalue weighted by Gasteiger charge is 2.17. The van der Waals surface area contributed by atoms with Crippen molar-refractivity contribution in [3.63, 3.8) is 0 Å². The van der Waals surface area contributed by atoms with Crippen LogP contribution >= 0.6 is 0 Å². The predicted octanol–water partition coefficient (Wildman–Crippen LogP) is 4.17. The summed E-state index contributed by atoms with van der Waals surface area (Å²) >= 11 is 0. The second kappa shape index (κ2) is 10.9. The lowest BCUT2D eigenvalue weighted by Crippen LogP contribution is -2.28. The number of methoxy groups -OCH3 is 1. The molecule has 0 spiro atoms. The number of hydrogen-bond acceptors (Lipinski definition) is 7. The van der Waals surface area contributed by atoms with Gasteiger partial charge in [0.05, 0.1) is 29.9 Å². The van der Waals surface area contributed by atoms with Crippen molar-refractivity contribution >= 4 is 39.7 Å². The first-order valence-corrected chi connectivity index (χ1v) is 11.6. The maximum atomic E-state index is 12.2. The monoisotopic (exact) mass is 485 g/mol. The third-order valence-corrected chi connectivity index (χ3v) is 5.97. The molecule has 186 valence electrons. The fourth-order valence-electron chi connectivity index (χ4n) is 4.09. The van der Waals surface area contributed by atoms with Crippen LogP contribution in [-0.4, -0.2) is 54.7 Å². The zero-order chi connectivity index (χ0) is 25.7. The molecular formula is C27H31N7O2. The maximum absolute atomic E-state index is 12.2. The summed E-state index contributed by atoms with van der Waals surface area (Å²) in [4.78, 5) is 23.2. The van der Waals surface area contributed by atoms with Crippen LogP contribution in [0.4, 0.5) is 22.9 Å². The van der Waals surface area contributed by atoms with Gasteiger partial charge in [0.25, 0.3) is 0 Å². The van der Waals surface area contributed by atoms with Crippen LogP contribution in [0.1, 0.15) is 0 Å². The van der Waals surface area contributed by atoms with Crippen LogP contribution in [-0.2, 0) is 11.8 Å². The van der Waals surface area contributed by atoms with Gasteiger partial charge in [-0.05, 0) is 25.3 Å². The van der Waals surface area contributed by atoms with E-state index < -0.39 is 0 Å². The van der Waals surface area contributed by atoms with Crippen LogP contribution in [0.25, 0.3) is 22.2 Å². The van der Waals surface area contributed by atoms with Crippen molar-refractivity contribution < 1.29 is 9.53 Å². The number of aromatic nitrogens is 3. The number of carbonyl (C=O) groups is 1. The van der Waals surface area contributed by atoms with Crippen molar-refractivity contribution in [2.75, 3.05) is 49.8 Å². The molecule has 2 aromatic carbocycles. The highest BCUT2D eigenvalue weighted by Crippen LogP contribution is 2.38. The number of likely N-dealkylation sites (N-methyl/N-ethyl adjacent to an activating group) is 2. The number of nitrogens with zero attached hydrogens (tertiary/aromatic N) is 4. The van der Waals surface area contributed by atoms with Crippen LogP contribution in [0.3, 0.4) is 0 Å². The molecule has 0 unspecified atom stereocenters. The molecule has 4 aromatic rings. The lowest BCUT2D eigenvalue weighted by atomic mass is 10.1. The molecule has 36 heavy (non-hydrogen) atoms. The Morgan fingerprint density at radius 3 is 2.75 bits per heavy atom. The minimum absolute atomic E-state index is 0.297. The van der Waals surface area contributed by atoms with Gasteiger partial charge in [-0.25, -0.2) is 9.97 Å². The third-order valence-electron chi connectivity index (χ3n) is 5.97. The standard InChI is InChI=1S/C27H31N7O2/c1-6-27(35)32-21-13-22(25(36-5)15-24(21)33(3)12-11-28-2)31-26-14-20(29-17-30-26)19-16-34(4)23-10-8-7-9-18(19)23/h6-10,13-17,28H,1,11-12H2,2-5H3,(H,32,35)(H,29,30,31). The summed E-state index contributed by atoms with van der Waals surface area (Å²) in [6.07, 6.45) is 4.85. The van der Waals surface area contributed by atoms with E-state index >= 15 is 0 Å². The molecule has 0 bridgehead atoms. The predicted molar refractivity (Wildman–Crippen MR) is 146 cm³/mol. The second-order valence-electron chi connectivity index (χ2n) is 8.37. The molecule has 4 rings (SSSR count). The van der Waals surface area contributed by atoms with E-state index in [1.807, 2.05) is 56.4 Å². The minimum atomic E-state index is -0.297. The molecule has 0 radical (unpaired) electrons. The number of carbonyl (C=O) groups excluding carboxylic acids is 1. The van der Waals surface area contributed by atoms with Gasteiger partial charge in [0.1, 0.15) is 17.9 Å². The van der Waals surface area contributed by atoms with Gasteiger partial charge in [0, 0.05) is 62.0 Å². The van der Waals surface area contributed by atoms with E-state index in [1.54, 1.807) is 7.11 Å². The lowest BCUT2D eigenvalue weighted by molar-refractivity contribution is -0.111. The van der Waals surface area contributed by atoms with Gasteiger partial charge in [-0.15, -0.1) is 0 Å². The molecule has 0 aliphatic rings. The van der Waals surface area contributed by atoms with Gasteiger partial charge in [-0.2, -0.15) is 0 Å². The number of nitrogens with one attached hydrogen (secondary N) is 3. The molecule has 0 atom stereocenters. The second-order valence-corrected chi connectivity index (χ2v) is 8.37. The summed E-state index contributed by atoms with van der Waals surface area (Å²) in [5, 5.41) is 10.5. The molecule has 1 amide bonds. The summed E-state index contributed by atoms with van der Waals surface area (Å²) in [5.74, 6) is 0.918. The molecular weight excluding hydrogens is 454 g/mol. The Hall–Kier alpha value is -4.37. The van der Waals surface area contributed by atoms with Crippen molar-refractivity contribution in [1.29, 1.82) is 0 Å². The largest absolute Gasteiger partial charge is 0.494 e. The zero-order valence-electron chi connectivity index (χ0n) is 21.0. The summed E-state index contributed by atoms with van der Waals surface area (Å²) in [6, 6.07) is 13.8. The molecule has 0 aliphatic heterocycles. The topological polar surface area (TPSA) is 96.3 Å². The molecule has 9 heteroatoms. The van der Waals surface area contributed by atoms with Crippen LogP contribution in [0, 0.1) is 0 Å². The average Bonchev–Trinajstić information content (AvgIpc) is 3.24. The first-order valence-electron chi connectivity index (χ1n) is 11.6. The molecule has 0 saturated carbocycles.